The van der Waals surface area contributed by atoms with E-state index in [1.54, 1.807) is 19.1 Å². The van der Waals surface area contributed by atoms with E-state index >= 15 is 0 Å². The van der Waals surface area contributed by atoms with Gasteiger partial charge in [0.15, 0.2) is 5.82 Å². The van der Waals surface area contributed by atoms with E-state index in [2.05, 4.69) is 9.97 Å². The number of nitrogens with two attached hydrogens (primary N) is 1. The minimum atomic E-state index is -0.503. The predicted molar refractivity (Wildman–Crippen MR) is 57.7 cm³/mol. The monoisotopic (exact) mass is 219 g/mol. The molecule has 2 aromatic heterocycles. The van der Waals surface area contributed by atoms with Crippen molar-refractivity contribution < 1.29 is 9.13 Å². The Hall–Kier alpha value is -2.17. The Labute approximate surface area is 91.9 Å². The second kappa shape index (κ2) is 4.14. The number of rotatable bonds is 2. The van der Waals surface area contributed by atoms with Crippen LogP contribution in [0.1, 0.15) is 5.56 Å². The number of anilines is 1. The zero-order valence-corrected chi connectivity index (χ0v) is 8.64. The molecule has 2 N–H and O–H groups in total. The first-order chi connectivity index (χ1) is 7.65. The third kappa shape index (κ3) is 2.25. The van der Waals surface area contributed by atoms with Crippen molar-refractivity contribution in [1.29, 1.82) is 0 Å². The van der Waals surface area contributed by atoms with Gasteiger partial charge in [-0.2, -0.15) is 0 Å². The molecule has 0 saturated carbocycles. The average Bonchev–Trinajstić information content (AvgIpc) is 2.25. The number of ether oxygens (including phenoxy) is 1. The van der Waals surface area contributed by atoms with Gasteiger partial charge in [0.2, 0.25) is 0 Å². The van der Waals surface area contributed by atoms with Crippen LogP contribution in [-0.2, 0) is 0 Å². The summed E-state index contributed by atoms with van der Waals surface area (Å²) in [5.41, 5.74) is 6.15. The topological polar surface area (TPSA) is 61.0 Å². The Morgan fingerprint density at radius 1 is 1.25 bits per heavy atom. The third-order valence-electron chi connectivity index (χ3n) is 1.92. The minimum absolute atomic E-state index is 0.0721. The summed E-state index contributed by atoms with van der Waals surface area (Å²) in [5.74, 6) is 0.197. The van der Waals surface area contributed by atoms with E-state index in [1.165, 1.54) is 18.5 Å². The van der Waals surface area contributed by atoms with Crippen molar-refractivity contribution in [1.82, 2.24) is 9.97 Å². The van der Waals surface area contributed by atoms with Gasteiger partial charge in [-0.25, -0.2) is 14.4 Å². The number of hydrogen-bond acceptors (Lipinski definition) is 4. The third-order valence-corrected chi connectivity index (χ3v) is 1.92. The fourth-order valence-corrected chi connectivity index (χ4v) is 1.16. The van der Waals surface area contributed by atoms with Crippen molar-refractivity contribution in [3.8, 4) is 11.6 Å². The largest absolute Gasteiger partial charge is 0.435 e. The van der Waals surface area contributed by atoms with Gasteiger partial charge in [-0.05, 0) is 30.7 Å². The molecule has 2 heterocycles. The van der Waals surface area contributed by atoms with Gasteiger partial charge in [0.05, 0.1) is 6.20 Å². The van der Waals surface area contributed by atoms with Gasteiger partial charge in [0.25, 0.3) is 5.88 Å². The number of pyridine rings is 2. The number of hydrogen-bond donors (Lipinski definition) is 1. The molecule has 16 heavy (non-hydrogen) atoms. The van der Waals surface area contributed by atoms with Gasteiger partial charge in [-0.3, -0.25) is 0 Å². The molecule has 0 saturated heterocycles. The number of aryl methyl sites for hydroxylation is 1. The first-order valence-corrected chi connectivity index (χ1v) is 4.66. The molecule has 2 aromatic rings. The summed E-state index contributed by atoms with van der Waals surface area (Å²) in [5, 5.41) is 0. The maximum Gasteiger partial charge on any atom is 0.255 e. The zero-order valence-electron chi connectivity index (χ0n) is 8.64. The summed E-state index contributed by atoms with van der Waals surface area (Å²) in [6.45, 7) is 1.75. The molecule has 82 valence electrons. The smallest absolute Gasteiger partial charge is 0.255 e. The number of halogens is 1. The van der Waals surface area contributed by atoms with Crippen molar-refractivity contribution >= 4 is 5.82 Å². The quantitative estimate of drug-likeness (QED) is 0.841. The van der Waals surface area contributed by atoms with Crippen LogP contribution in [0.25, 0.3) is 0 Å². The molecule has 0 radical (unpaired) electrons. The van der Waals surface area contributed by atoms with E-state index in [0.717, 1.165) is 5.56 Å². The van der Waals surface area contributed by atoms with Gasteiger partial charge < -0.3 is 10.5 Å². The number of aromatic nitrogens is 2. The molecular formula is C11H10FN3O. The lowest BCUT2D eigenvalue weighted by Crippen LogP contribution is -1.94. The second-order valence-electron chi connectivity index (χ2n) is 3.32. The van der Waals surface area contributed by atoms with Crippen molar-refractivity contribution in [2.24, 2.45) is 0 Å². The molecule has 0 aliphatic heterocycles. The summed E-state index contributed by atoms with van der Waals surface area (Å²) in [4.78, 5) is 7.66. The molecule has 4 nitrogen and oxygen atoms in total. The van der Waals surface area contributed by atoms with E-state index in [4.69, 9.17) is 10.5 Å². The fraction of sp³-hybridized carbons (Fsp3) is 0.0909. The van der Waals surface area contributed by atoms with E-state index in [-0.39, 0.29) is 5.88 Å². The SMILES string of the molecule is Cc1cnc(Oc2ccc(N)nc2)c(F)c1. The van der Waals surface area contributed by atoms with Gasteiger partial charge >= 0.3 is 0 Å². The lowest BCUT2D eigenvalue weighted by Gasteiger charge is -2.05. The van der Waals surface area contributed by atoms with Crippen LogP contribution in [0.2, 0.25) is 0 Å². The molecular weight excluding hydrogens is 209 g/mol. The maximum absolute atomic E-state index is 13.4. The highest BCUT2D eigenvalue weighted by Gasteiger charge is 2.06. The lowest BCUT2D eigenvalue weighted by molar-refractivity contribution is 0.421. The van der Waals surface area contributed by atoms with Crippen LogP contribution in [-0.4, -0.2) is 9.97 Å². The standard InChI is InChI=1S/C11H10FN3O/c1-7-4-9(12)11(15-5-7)16-8-2-3-10(13)14-6-8/h2-6H,1H3,(H2,13,14). The van der Waals surface area contributed by atoms with Crippen LogP contribution in [0.3, 0.4) is 0 Å². The number of nitrogen functional groups attached to an aromatic ring is 1. The highest BCUT2D eigenvalue weighted by molar-refractivity contribution is 5.34. The maximum atomic E-state index is 13.4. The zero-order chi connectivity index (χ0) is 11.5. The van der Waals surface area contributed by atoms with Gasteiger partial charge in [-0.15, -0.1) is 0 Å². The Morgan fingerprint density at radius 3 is 2.69 bits per heavy atom. The lowest BCUT2D eigenvalue weighted by atomic mass is 10.3. The Balaban J connectivity index is 2.23. The van der Waals surface area contributed by atoms with Crippen molar-refractivity contribution in [2.45, 2.75) is 6.92 Å². The highest BCUT2D eigenvalue weighted by Crippen LogP contribution is 2.22. The highest BCUT2D eigenvalue weighted by atomic mass is 19.1. The van der Waals surface area contributed by atoms with Gasteiger partial charge in [0, 0.05) is 6.20 Å². The van der Waals surface area contributed by atoms with Crippen LogP contribution in [0.4, 0.5) is 10.2 Å². The van der Waals surface area contributed by atoms with Crippen LogP contribution in [0.15, 0.2) is 30.6 Å². The summed E-state index contributed by atoms with van der Waals surface area (Å²) in [6.07, 6.45) is 2.94. The Bertz CT molecular complexity index is 499. The summed E-state index contributed by atoms with van der Waals surface area (Å²) in [7, 11) is 0. The van der Waals surface area contributed by atoms with Crippen molar-refractivity contribution in [3.63, 3.8) is 0 Å². The van der Waals surface area contributed by atoms with Crippen molar-refractivity contribution in [3.05, 3.63) is 42.0 Å². The first-order valence-electron chi connectivity index (χ1n) is 4.66. The molecule has 2 rings (SSSR count). The number of nitrogens with zero attached hydrogens (tertiary/aromatic N) is 2. The molecule has 0 aliphatic rings. The molecule has 0 amide bonds. The van der Waals surface area contributed by atoms with E-state index < -0.39 is 5.82 Å². The van der Waals surface area contributed by atoms with Gasteiger partial charge in [0.1, 0.15) is 11.6 Å². The summed E-state index contributed by atoms with van der Waals surface area (Å²) < 4.78 is 18.6. The molecule has 0 bridgehead atoms. The molecule has 0 fully saturated rings. The molecule has 0 atom stereocenters. The molecule has 0 aromatic carbocycles. The molecule has 0 aliphatic carbocycles. The predicted octanol–water partition coefficient (Wildman–Crippen LogP) is 2.30. The normalized spacial score (nSPS) is 10.1. The van der Waals surface area contributed by atoms with E-state index in [9.17, 15) is 4.39 Å². The average molecular weight is 219 g/mol. The Kier molecular flexibility index (Phi) is 2.68. The van der Waals surface area contributed by atoms with Crippen LogP contribution < -0.4 is 10.5 Å². The van der Waals surface area contributed by atoms with Crippen molar-refractivity contribution in [2.75, 3.05) is 5.73 Å². The first kappa shape index (κ1) is 10.4. The van der Waals surface area contributed by atoms with E-state index in [1.807, 2.05) is 0 Å². The van der Waals surface area contributed by atoms with Crippen LogP contribution in [0.5, 0.6) is 11.6 Å². The molecule has 5 heteroatoms. The minimum Gasteiger partial charge on any atom is -0.435 e. The van der Waals surface area contributed by atoms with Crippen LogP contribution >= 0.6 is 0 Å². The Morgan fingerprint density at radius 2 is 2.06 bits per heavy atom. The van der Waals surface area contributed by atoms with Gasteiger partial charge in [-0.1, -0.05) is 0 Å². The molecule has 0 unspecified atom stereocenters. The van der Waals surface area contributed by atoms with E-state index in [0.29, 0.717) is 11.6 Å². The fourth-order valence-electron chi connectivity index (χ4n) is 1.16. The molecule has 0 spiro atoms. The summed E-state index contributed by atoms with van der Waals surface area (Å²) in [6, 6.07) is 4.53. The summed E-state index contributed by atoms with van der Waals surface area (Å²) >= 11 is 0. The second-order valence-corrected chi connectivity index (χ2v) is 3.32. The van der Waals surface area contributed by atoms with Crippen LogP contribution in [0, 0.1) is 12.7 Å².